The molecule has 0 aliphatic heterocycles. The number of aromatic hydroxyl groups is 2. The molecule has 0 bridgehead atoms. The van der Waals surface area contributed by atoms with E-state index < -0.39 is 56.1 Å². The lowest BCUT2D eigenvalue weighted by Gasteiger charge is -2.14. The molecule has 0 aliphatic rings. The number of benzene rings is 6. The van der Waals surface area contributed by atoms with Crippen LogP contribution in [0.2, 0.25) is 0 Å². The third-order valence-electron chi connectivity index (χ3n) is 7.71. The molecule has 0 spiro atoms. The summed E-state index contributed by atoms with van der Waals surface area (Å²) in [5.41, 5.74) is -0.531. The molecule has 8 N–H and O–H groups in total. The van der Waals surface area contributed by atoms with Crippen LogP contribution in [0.4, 0.5) is 27.5 Å². The van der Waals surface area contributed by atoms with Gasteiger partial charge >= 0.3 is 6.03 Å². The monoisotopic (exact) mass is 814 g/mol. The summed E-state index contributed by atoms with van der Waals surface area (Å²) in [5, 5.41) is 25.1. The molecule has 280 valence electrons. The van der Waals surface area contributed by atoms with Crippen LogP contribution >= 0.6 is 0 Å². The van der Waals surface area contributed by atoms with E-state index in [1.54, 1.807) is 0 Å². The molecule has 0 fully saturated rings. The molecule has 0 unspecified atom stereocenters. The molecule has 6 aromatic rings. The SMILES string of the molecule is O=C(Nc1cccc(S(=O)(=O)Nc2cc(S(=O)(=O)O)cc3cc(O)ccc23)c1)Nc1cccc(S(=O)(=O)Nc2cc(S(=O)(=O)O)cc3cc(O)ccc23)c1. The van der Waals surface area contributed by atoms with E-state index in [0.717, 1.165) is 36.4 Å². The van der Waals surface area contributed by atoms with Crippen molar-refractivity contribution < 1.29 is 57.8 Å². The second-order valence-corrected chi connectivity index (χ2v) is 17.8. The van der Waals surface area contributed by atoms with Crippen LogP contribution < -0.4 is 20.1 Å². The van der Waals surface area contributed by atoms with E-state index in [2.05, 4.69) is 20.1 Å². The van der Waals surface area contributed by atoms with Gasteiger partial charge in [-0.15, -0.1) is 0 Å². The molecule has 21 heteroatoms. The smallest absolute Gasteiger partial charge is 0.323 e. The van der Waals surface area contributed by atoms with Gasteiger partial charge in [0.2, 0.25) is 0 Å². The Bertz CT molecular complexity index is 2770. The van der Waals surface area contributed by atoms with Crippen molar-refractivity contribution in [2.75, 3.05) is 20.1 Å². The number of sulfonamides is 2. The summed E-state index contributed by atoms with van der Waals surface area (Å²) in [4.78, 5) is 10.9. The number of phenolic OH excluding ortho intramolecular Hbond substituents is 2. The van der Waals surface area contributed by atoms with E-state index in [1.165, 1.54) is 72.8 Å². The number of anilines is 4. The summed E-state index contributed by atoms with van der Waals surface area (Å²) in [6.45, 7) is 0. The number of rotatable bonds is 10. The van der Waals surface area contributed by atoms with E-state index in [1.807, 2.05) is 0 Å². The lowest BCUT2D eigenvalue weighted by atomic mass is 10.1. The number of carbonyl (C=O) groups excluding carboxylic acids is 1. The lowest BCUT2D eigenvalue weighted by molar-refractivity contribution is 0.262. The third-order valence-corrected chi connectivity index (χ3v) is 12.1. The lowest BCUT2D eigenvalue weighted by Crippen LogP contribution is -2.20. The van der Waals surface area contributed by atoms with Gasteiger partial charge in [-0.05, 0) is 108 Å². The maximum absolute atomic E-state index is 13.4. The number of nitrogens with one attached hydrogen (secondary N) is 4. The van der Waals surface area contributed by atoms with Crippen LogP contribution in [0.5, 0.6) is 11.5 Å². The van der Waals surface area contributed by atoms with E-state index in [9.17, 15) is 57.8 Å². The molecule has 0 aromatic heterocycles. The van der Waals surface area contributed by atoms with Crippen LogP contribution in [0.3, 0.4) is 0 Å². The first-order valence-electron chi connectivity index (χ1n) is 15.0. The second kappa shape index (κ2) is 13.8. The fraction of sp³-hybridized carbons (Fsp3) is 0. The van der Waals surface area contributed by atoms with Gasteiger partial charge in [0, 0.05) is 22.1 Å². The molecule has 0 saturated carbocycles. The highest BCUT2D eigenvalue weighted by molar-refractivity contribution is 7.93. The molecule has 0 aliphatic carbocycles. The third kappa shape index (κ3) is 8.30. The van der Waals surface area contributed by atoms with Crippen LogP contribution in [0.15, 0.2) is 129 Å². The normalized spacial score (nSPS) is 12.3. The Morgan fingerprint density at radius 1 is 0.463 bits per heavy atom. The zero-order valence-corrected chi connectivity index (χ0v) is 30.3. The van der Waals surface area contributed by atoms with Crippen molar-refractivity contribution >= 4 is 90.6 Å². The summed E-state index contributed by atoms with van der Waals surface area (Å²) in [6.07, 6.45) is 0. The average Bonchev–Trinajstić information content (AvgIpc) is 3.07. The van der Waals surface area contributed by atoms with Crippen molar-refractivity contribution in [2.45, 2.75) is 19.6 Å². The van der Waals surface area contributed by atoms with Crippen LogP contribution in [-0.2, 0) is 40.3 Å². The molecule has 6 aromatic carbocycles. The predicted octanol–water partition coefficient (Wildman–Crippen LogP) is 5.14. The summed E-state index contributed by atoms with van der Waals surface area (Å²) in [6, 6.07) is 20.3. The van der Waals surface area contributed by atoms with Crippen LogP contribution in [0.25, 0.3) is 21.5 Å². The van der Waals surface area contributed by atoms with E-state index in [-0.39, 0.29) is 65.6 Å². The Hall–Kier alpha value is -5.97. The fourth-order valence-corrected chi connectivity index (χ4v) is 8.63. The topological polar surface area (TPSA) is 283 Å². The predicted molar refractivity (Wildman–Crippen MR) is 198 cm³/mol. The Balaban J connectivity index is 1.21. The summed E-state index contributed by atoms with van der Waals surface area (Å²) >= 11 is 0. The Labute approximate surface area is 307 Å². The molecule has 0 heterocycles. The summed E-state index contributed by atoms with van der Waals surface area (Å²) in [7, 11) is -18.5. The number of phenols is 2. The minimum Gasteiger partial charge on any atom is -0.508 e. The first kappa shape index (κ1) is 37.8. The zero-order chi connectivity index (χ0) is 39.2. The Morgan fingerprint density at radius 2 is 0.852 bits per heavy atom. The van der Waals surface area contributed by atoms with E-state index in [0.29, 0.717) is 0 Å². The molecule has 6 rings (SSSR count). The van der Waals surface area contributed by atoms with Gasteiger partial charge in [-0.25, -0.2) is 21.6 Å². The van der Waals surface area contributed by atoms with Crippen molar-refractivity contribution in [2.24, 2.45) is 0 Å². The number of carbonyl (C=O) groups is 1. The first-order valence-corrected chi connectivity index (χ1v) is 20.8. The largest absolute Gasteiger partial charge is 0.508 e. The maximum Gasteiger partial charge on any atom is 0.323 e. The second-order valence-electron chi connectivity index (χ2n) is 11.5. The quantitative estimate of drug-likeness (QED) is 0.0833. The van der Waals surface area contributed by atoms with Crippen LogP contribution in [0, 0.1) is 0 Å². The Morgan fingerprint density at radius 3 is 1.22 bits per heavy atom. The molecule has 0 saturated heterocycles. The van der Waals surface area contributed by atoms with Crippen molar-refractivity contribution in [3.8, 4) is 11.5 Å². The number of hydrogen-bond donors (Lipinski definition) is 8. The minimum atomic E-state index is -4.78. The zero-order valence-electron chi connectivity index (χ0n) is 27.0. The van der Waals surface area contributed by atoms with Crippen molar-refractivity contribution in [3.63, 3.8) is 0 Å². The number of fused-ring (bicyclic) bond motifs is 2. The standard InChI is InChI=1S/C33H26N4O13S4/c38-23-7-9-29-19(11-23)13-27(53(45,46)47)17-31(29)36-51(41,42)25-5-1-3-21(15-25)34-33(40)35-22-4-2-6-26(16-22)52(43,44)37-32-18-28(54(48,49)50)14-20-12-24(39)8-10-30(20)32/h1-18,36-39H,(H2,34,35,40)(H,45,46,47)(H,48,49,50). The molecular formula is C33H26N4O13S4. The molecule has 0 radical (unpaired) electrons. The first-order chi connectivity index (χ1) is 25.2. The molecule has 0 atom stereocenters. The highest BCUT2D eigenvalue weighted by Gasteiger charge is 2.22. The maximum atomic E-state index is 13.4. The van der Waals surface area contributed by atoms with Gasteiger partial charge in [0.25, 0.3) is 40.3 Å². The average molecular weight is 815 g/mol. The summed E-state index contributed by atoms with van der Waals surface area (Å²) < 4.78 is 125. The molecular weight excluding hydrogens is 789 g/mol. The van der Waals surface area contributed by atoms with Gasteiger partial charge in [-0.1, -0.05) is 12.1 Å². The van der Waals surface area contributed by atoms with Crippen molar-refractivity contribution in [3.05, 3.63) is 109 Å². The molecule has 54 heavy (non-hydrogen) atoms. The van der Waals surface area contributed by atoms with E-state index >= 15 is 0 Å². The van der Waals surface area contributed by atoms with Gasteiger partial charge in [-0.2, -0.15) is 16.8 Å². The van der Waals surface area contributed by atoms with Crippen LogP contribution in [0.1, 0.15) is 0 Å². The minimum absolute atomic E-state index is 0.0288. The molecule has 17 nitrogen and oxygen atoms in total. The van der Waals surface area contributed by atoms with E-state index in [4.69, 9.17) is 0 Å². The van der Waals surface area contributed by atoms with Crippen LogP contribution in [-0.4, -0.2) is 59.0 Å². The fourth-order valence-electron chi connectivity index (χ4n) is 5.31. The van der Waals surface area contributed by atoms with Gasteiger partial charge < -0.3 is 20.8 Å². The number of hydrogen-bond acceptors (Lipinski definition) is 11. The van der Waals surface area contributed by atoms with Gasteiger partial charge in [0.05, 0.1) is 31.0 Å². The highest BCUT2D eigenvalue weighted by atomic mass is 32.2. The highest BCUT2D eigenvalue weighted by Crippen LogP contribution is 2.34. The Kier molecular flexibility index (Phi) is 9.64. The molecule has 2 amide bonds. The van der Waals surface area contributed by atoms with Crippen molar-refractivity contribution in [1.82, 2.24) is 0 Å². The number of urea groups is 1. The van der Waals surface area contributed by atoms with Gasteiger partial charge in [-0.3, -0.25) is 18.5 Å². The van der Waals surface area contributed by atoms with Gasteiger partial charge in [0.1, 0.15) is 11.5 Å². The number of amides is 2. The van der Waals surface area contributed by atoms with Gasteiger partial charge in [0.15, 0.2) is 0 Å². The van der Waals surface area contributed by atoms with Crippen molar-refractivity contribution in [1.29, 1.82) is 0 Å². The summed E-state index contributed by atoms with van der Waals surface area (Å²) in [5.74, 6) is -0.489.